The normalized spacial score (nSPS) is 22.7. The number of hydrogen-bond acceptors (Lipinski definition) is 16. The van der Waals surface area contributed by atoms with Gasteiger partial charge in [0.05, 0.1) is 41.0 Å². The summed E-state index contributed by atoms with van der Waals surface area (Å²) in [6.45, 7) is 0.0962. The Morgan fingerprint density at radius 1 is 0.437 bits per heavy atom. The van der Waals surface area contributed by atoms with Crippen molar-refractivity contribution in [1.29, 1.82) is 0 Å². The van der Waals surface area contributed by atoms with Gasteiger partial charge in [0.15, 0.2) is 43.1 Å². The van der Waals surface area contributed by atoms with Crippen LogP contribution in [0, 0.1) is 0 Å². The summed E-state index contributed by atoms with van der Waals surface area (Å²) in [5, 5.41) is 0. The van der Waals surface area contributed by atoms with Gasteiger partial charge in [0.25, 0.3) is 0 Å². The van der Waals surface area contributed by atoms with Gasteiger partial charge in [-0.2, -0.15) is 0 Å². The van der Waals surface area contributed by atoms with Crippen LogP contribution in [0.5, 0.6) is 0 Å². The molecule has 0 radical (unpaired) electrons. The van der Waals surface area contributed by atoms with Crippen LogP contribution in [-0.4, -0.2) is 104 Å². The number of esters is 6. The summed E-state index contributed by atoms with van der Waals surface area (Å²) >= 11 is 0. The highest BCUT2D eigenvalue weighted by Gasteiger charge is 2.57. The Balaban J connectivity index is 1.24. The second-order valence-corrected chi connectivity index (χ2v) is 16.2. The first-order chi connectivity index (χ1) is 34.6. The summed E-state index contributed by atoms with van der Waals surface area (Å²) in [5.41, 5.74) is 1.26. The second kappa shape index (κ2) is 24.0. The van der Waals surface area contributed by atoms with E-state index in [0.717, 1.165) is 12.5 Å². The highest BCUT2D eigenvalue weighted by atomic mass is 16.8. The van der Waals surface area contributed by atoms with Crippen LogP contribution >= 0.6 is 0 Å². The fraction of sp³-hybridized carbons (Fsp3) is 0.236. The lowest BCUT2D eigenvalue weighted by Crippen LogP contribution is -2.66. The molecule has 16 heteroatoms. The van der Waals surface area contributed by atoms with E-state index in [1.807, 2.05) is 30.3 Å². The maximum atomic E-state index is 14.3. The number of hydrogen-bond donors (Lipinski definition) is 0. The summed E-state index contributed by atoms with van der Waals surface area (Å²) in [4.78, 5) is 83.0. The molecule has 2 aliphatic heterocycles. The van der Waals surface area contributed by atoms with Gasteiger partial charge in [0, 0.05) is 6.92 Å². The standard InChI is InChI=1S/C55H48O16/c1-35(56)65-42-34-64-54(63-32-36-20-8-2-9-21-36)47(69-52(60)40-28-16-6-17-29-40)45(42)71-55-48(70-53(61)41-30-18-7-19-31-41)46(68-51(59)39-26-14-5-15-27-39)44(67-50(58)38-24-12-4-13-25-38)43(66-55)33-62-49(57)37-22-10-3-11-23-37/h2-31,42-48,54-55H,32-34H2,1H3/t42-,43+,44+,45-,46-,47+,48+,54-,55-/m0/s1. The van der Waals surface area contributed by atoms with Crippen LogP contribution in [0.3, 0.4) is 0 Å². The molecule has 2 heterocycles. The average molecular weight is 965 g/mol. The van der Waals surface area contributed by atoms with Crippen LogP contribution < -0.4 is 0 Å². The first kappa shape index (κ1) is 49.4. The molecule has 6 aromatic rings. The highest BCUT2D eigenvalue weighted by Crippen LogP contribution is 2.36. The smallest absolute Gasteiger partial charge is 0.338 e. The molecule has 364 valence electrons. The Morgan fingerprint density at radius 2 is 0.817 bits per heavy atom. The zero-order valence-corrected chi connectivity index (χ0v) is 38.2. The Labute approximate surface area is 408 Å². The third kappa shape index (κ3) is 13.0. The van der Waals surface area contributed by atoms with Crippen LogP contribution in [0.4, 0.5) is 0 Å². The predicted octanol–water partition coefficient (Wildman–Crippen LogP) is 7.36. The highest BCUT2D eigenvalue weighted by molar-refractivity contribution is 5.92. The van der Waals surface area contributed by atoms with Gasteiger partial charge < -0.3 is 47.4 Å². The van der Waals surface area contributed by atoms with Crippen LogP contribution in [-0.2, 0) is 58.8 Å². The molecule has 0 bridgehead atoms. The van der Waals surface area contributed by atoms with Crippen molar-refractivity contribution in [2.75, 3.05) is 13.2 Å². The number of rotatable bonds is 17. The molecule has 0 spiro atoms. The van der Waals surface area contributed by atoms with Crippen molar-refractivity contribution in [1.82, 2.24) is 0 Å². The largest absolute Gasteiger partial charge is 0.459 e. The summed E-state index contributed by atoms with van der Waals surface area (Å²) < 4.78 is 62.2. The van der Waals surface area contributed by atoms with E-state index in [0.29, 0.717) is 0 Å². The lowest BCUT2D eigenvalue weighted by molar-refractivity contribution is -0.347. The summed E-state index contributed by atoms with van der Waals surface area (Å²) in [7, 11) is 0. The minimum Gasteiger partial charge on any atom is -0.459 e. The van der Waals surface area contributed by atoms with Gasteiger partial charge >= 0.3 is 35.8 Å². The molecule has 16 nitrogen and oxygen atoms in total. The summed E-state index contributed by atoms with van der Waals surface area (Å²) in [6, 6.07) is 48.8. The van der Waals surface area contributed by atoms with E-state index in [4.69, 9.17) is 47.4 Å². The minimum atomic E-state index is -1.89. The topological polar surface area (TPSA) is 195 Å². The van der Waals surface area contributed by atoms with Gasteiger partial charge in [-0.3, -0.25) is 4.79 Å². The van der Waals surface area contributed by atoms with Gasteiger partial charge in [-0.25, -0.2) is 24.0 Å². The fourth-order valence-electron chi connectivity index (χ4n) is 7.80. The van der Waals surface area contributed by atoms with Gasteiger partial charge in [-0.05, 0) is 66.2 Å². The first-order valence-electron chi connectivity index (χ1n) is 22.6. The van der Waals surface area contributed by atoms with Gasteiger partial charge in [-0.1, -0.05) is 121 Å². The van der Waals surface area contributed by atoms with Crippen molar-refractivity contribution in [2.45, 2.75) is 68.8 Å². The Hall–Kier alpha value is -8.02. The Bertz CT molecular complexity index is 2710. The number of carbonyl (C=O) groups is 6. The van der Waals surface area contributed by atoms with Crippen molar-refractivity contribution in [3.63, 3.8) is 0 Å². The number of carbonyl (C=O) groups excluding carboxylic acids is 6. The maximum absolute atomic E-state index is 14.3. The third-order valence-corrected chi connectivity index (χ3v) is 11.2. The van der Waals surface area contributed by atoms with Crippen LogP contribution in [0.15, 0.2) is 182 Å². The van der Waals surface area contributed by atoms with E-state index < -0.39 is 97.7 Å². The van der Waals surface area contributed by atoms with Crippen LogP contribution in [0.2, 0.25) is 0 Å². The molecule has 2 fully saturated rings. The zero-order chi connectivity index (χ0) is 49.5. The molecule has 0 aromatic heterocycles. The van der Waals surface area contributed by atoms with E-state index in [-0.39, 0.29) is 41.0 Å². The van der Waals surface area contributed by atoms with E-state index in [1.54, 1.807) is 91.0 Å². The quantitative estimate of drug-likeness (QED) is 0.0649. The maximum Gasteiger partial charge on any atom is 0.338 e. The third-order valence-electron chi connectivity index (χ3n) is 11.2. The molecular formula is C55H48O16. The Kier molecular flexibility index (Phi) is 16.7. The molecule has 9 atom stereocenters. The molecule has 0 unspecified atom stereocenters. The van der Waals surface area contributed by atoms with E-state index in [2.05, 4.69) is 0 Å². The number of ether oxygens (including phenoxy) is 10. The van der Waals surface area contributed by atoms with Crippen molar-refractivity contribution in [3.8, 4) is 0 Å². The summed E-state index contributed by atoms with van der Waals surface area (Å²) in [6.07, 6.45) is -14.7. The molecule has 0 saturated carbocycles. The molecule has 0 N–H and O–H groups in total. The van der Waals surface area contributed by atoms with Crippen LogP contribution in [0.25, 0.3) is 0 Å². The van der Waals surface area contributed by atoms with Crippen molar-refractivity contribution in [2.24, 2.45) is 0 Å². The van der Waals surface area contributed by atoms with Crippen molar-refractivity contribution in [3.05, 3.63) is 215 Å². The Morgan fingerprint density at radius 3 is 1.25 bits per heavy atom. The molecule has 2 aliphatic rings. The van der Waals surface area contributed by atoms with Crippen molar-refractivity contribution >= 4 is 35.8 Å². The van der Waals surface area contributed by atoms with Crippen LogP contribution in [0.1, 0.15) is 64.3 Å². The molecule has 0 aliphatic carbocycles. The van der Waals surface area contributed by atoms with E-state index >= 15 is 0 Å². The first-order valence-corrected chi connectivity index (χ1v) is 22.6. The lowest BCUT2D eigenvalue weighted by atomic mass is 9.97. The van der Waals surface area contributed by atoms with Gasteiger partial charge in [0.2, 0.25) is 0 Å². The molecule has 2 saturated heterocycles. The average Bonchev–Trinajstić information content (AvgIpc) is 3.41. The molecule has 71 heavy (non-hydrogen) atoms. The minimum absolute atomic E-state index is 0.0338. The number of benzene rings is 6. The van der Waals surface area contributed by atoms with Gasteiger partial charge in [0.1, 0.15) is 18.8 Å². The van der Waals surface area contributed by atoms with E-state index in [9.17, 15) is 28.8 Å². The zero-order valence-electron chi connectivity index (χ0n) is 38.2. The fourth-order valence-corrected chi connectivity index (χ4v) is 7.80. The lowest BCUT2D eigenvalue weighted by Gasteiger charge is -2.47. The molecule has 8 rings (SSSR count). The van der Waals surface area contributed by atoms with Crippen molar-refractivity contribution < 1.29 is 76.1 Å². The van der Waals surface area contributed by atoms with Gasteiger partial charge in [-0.15, -0.1) is 0 Å². The predicted molar refractivity (Wildman–Crippen MR) is 249 cm³/mol. The molecular weight excluding hydrogens is 917 g/mol. The second-order valence-electron chi connectivity index (χ2n) is 16.2. The summed E-state index contributed by atoms with van der Waals surface area (Å²) in [5.74, 6) is -5.19. The SMILES string of the molecule is CC(=O)O[C@H]1CO[C@H](OCc2ccccc2)[C@H](OC(=O)c2ccccc2)[C@H]1O[C@@H]1O[C@H](COC(=O)c2ccccc2)[C@@H](OC(=O)c2ccccc2)[C@H](OC(=O)c2ccccc2)[C@H]1OC(=O)c1ccccc1. The molecule has 0 amide bonds. The monoisotopic (exact) mass is 964 g/mol. The van der Waals surface area contributed by atoms with E-state index in [1.165, 1.54) is 60.7 Å². The molecule has 6 aromatic carbocycles.